The molecule has 6 heteroatoms. The van der Waals surface area contributed by atoms with Gasteiger partial charge in [0.2, 0.25) is 0 Å². The number of carbonyl (C=O) groups excluding carboxylic acids is 1. The molecule has 2 N–H and O–H groups in total. The van der Waals surface area contributed by atoms with Gasteiger partial charge in [-0.3, -0.25) is 9.78 Å². The van der Waals surface area contributed by atoms with Crippen molar-refractivity contribution >= 4 is 11.4 Å². The minimum atomic E-state index is -0.640. The van der Waals surface area contributed by atoms with Crippen molar-refractivity contribution in [2.45, 2.75) is 39.2 Å². The molecule has 0 aliphatic heterocycles. The Morgan fingerprint density at radius 2 is 1.70 bits per heavy atom. The number of allylic oxidation sites excluding steroid dienone is 2. The first-order valence-electron chi connectivity index (χ1n) is 10.7. The molecule has 0 saturated carbocycles. The fraction of sp³-hybridized carbons (Fsp3) is 0.222. The van der Waals surface area contributed by atoms with Crippen molar-refractivity contribution < 1.29 is 14.3 Å². The number of nitriles is 1. The van der Waals surface area contributed by atoms with Gasteiger partial charge in [0.15, 0.2) is 17.3 Å². The van der Waals surface area contributed by atoms with Gasteiger partial charge in [-0.2, -0.15) is 5.26 Å². The van der Waals surface area contributed by atoms with Crippen LogP contribution in [0.2, 0.25) is 0 Å². The Labute approximate surface area is 193 Å². The van der Waals surface area contributed by atoms with Crippen LogP contribution in [0.15, 0.2) is 66.6 Å². The lowest BCUT2D eigenvalue weighted by molar-refractivity contribution is 0.104. The number of Topliss-reactive ketones (excluding diaryl/α,β-unsaturated/α-hetero) is 1. The molecule has 1 heterocycles. The van der Waals surface area contributed by atoms with E-state index in [0.717, 1.165) is 5.56 Å². The molecule has 6 nitrogen and oxygen atoms in total. The maximum absolute atomic E-state index is 13.7. The standard InChI is InChI=1S/C27H25N3O3/c1-16(2)32-22-13-20-21(14-23(22)33-19-9-11-30-12-10-19)27(3,4)26(29)24(25(20)31)18-7-5-17(15-28)6-8-18/h5-14,16H,29H2,1-4H3. The van der Waals surface area contributed by atoms with Gasteiger partial charge >= 0.3 is 0 Å². The van der Waals surface area contributed by atoms with Crippen LogP contribution in [0.1, 0.15) is 54.7 Å². The van der Waals surface area contributed by atoms with Crippen molar-refractivity contribution in [2.75, 3.05) is 0 Å². The van der Waals surface area contributed by atoms with Crippen molar-refractivity contribution in [3.8, 4) is 23.3 Å². The summed E-state index contributed by atoms with van der Waals surface area (Å²) >= 11 is 0. The van der Waals surface area contributed by atoms with Crippen molar-refractivity contribution in [3.05, 3.63) is 88.9 Å². The molecule has 0 saturated heterocycles. The molecule has 0 fully saturated rings. The third-order valence-electron chi connectivity index (χ3n) is 5.71. The molecule has 4 rings (SSSR count). The largest absolute Gasteiger partial charge is 0.487 e. The summed E-state index contributed by atoms with van der Waals surface area (Å²) < 4.78 is 12.1. The molecule has 1 aliphatic rings. The Bertz CT molecular complexity index is 1280. The molecule has 33 heavy (non-hydrogen) atoms. The average molecular weight is 440 g/mol. The van der Waals surface area contributed by atoms with Gasteiger partial charge in [0.05, 0.1) is 17.7 Å². The molecule has 0 unspecified atom stereocenters. The topological polar surface area (TPSA) is 98.2 Å². The summed E-state index contributed by atoms with van der Waals surface area (Å²) in [6, 6.07) is 16.1. The Morgan fingerprint density at radius 1 is 1.03 bits per heavy atom. The maximum atomic E-state index is 13.7. The molecular formula is C27H25N3O3. The maximum Gasteiger partial charge on any atom is 0.195 e. The number of fused-ring (bicyclic) bond motifs is 1. The molecule has 0 radical (unpaired) electrons. The summed E-state index contributed by atoms with van der Waals surface area (Å²) in [6.45, 7) is 7.80. The van der Waals surface area contributed by atoms with Gasteiger partial charge in [-0.1, -0.05) is 26.0 Å². The van der Waals surface area contributed by atoms with Crippen molar-refractivity contribution in [2.24, 2.45) is 5.73 Å². The third kappa shape index (κ3) is 4.06. The van der Waals surface area contributed by atoms with Crippen LogP contribution < -0.4 is 15.2 Å². The Morgan fingerprint density at radius 3 is 2.30 bits per heavy atom. The van der Waals surface area contributed by atoms with Crippen LogP contribution in [-0.4, -0.2) is 16.9 Å². The molecule has 0 atom stereocenters. The summed E-state index contributed by atoms with van der Waals surface area (Å²) in [5.74, 6) is 1.41. The third-order valence-corrected chi connectivity index (χ3v) is 5.71. The molecular weight excluding hydrogens is 414 g/mol. The van der Waals surface area contributed by atoms with E-state index in [9.17, 15) is 4.79 Å². The zero-order valence-corrected chi connectivity index (χ0v) is 19.0. The summed E-state index contributed by atoms with van der Waals surface area (Å²) in [5, 5.41) is 9.11. The normalized spacial score (nSPS) is 14.6. The second-order valence-corrected chi connectivity index (χ2v) is 8.73. The number of benzene rings is 2. The number of rotatable bonds is 5. The number of nitrogens with two attached hydrogens (primary N) is 1. The fourth-order valence-electron chi connectivity index (χ4n) is 3.94. The summed E-state index contributed by atoms with van der Waals surface area (Å²) in [5.41, 5.74) is 9.35. The Hall–Kier alpha value is -4.11. The zero-order valence-electron chi connectivity index (χ0n) is 19.0. The van der Waals surface area contributed by atoms with Crippen molar-refractivity contribution in [1.82, 2.24) is 4.98 Å². The van der Waals surface area contributed by atoms with Gasteiger partial charge in [-0.05, 0) is 61.4 Å². The minimum Gasteiger partial charge on any atom is -0.487 e. The molecule has 2 aromatic carbocycles. The number of carbonyl (C=O) groups is 1. The van der Waals surface area contributed by atoms with E-state index in [1.54, 1.807) is 54.9 Å². The van der Waals surface area contributed by atoms with E-state index in [4.69, 9.17) is 20.5 Å². The molecule has 0 spiro atoms. The summed E-state index contributed by atoms with van der Waals surface area (Å²) in [6.07, 6.45) is 3.18. The van der Waals surface area contributed by atoms with E-state index in [1.165, 1.54) is 0 Å². The minimum absolute atomic E-state index is 0.117. The van der Waals surface area contributed by atoms with E-state index in [2.05, 4.69) is 11.1 Å². The van der Waals surface area contributed by atoms with Crippen LogP contribution in [0.4, 0.5) is 0 Å². The van der Waals surface area contributed by atoms with Crippen molar-refractivity contribution in [3.63, 3.8) is 0 Å². The van der Waals surface area contributed by atoms with Crippen molar-refractivity contribution in [1.29, 1.82) is 5.26 Å². The van der Waals surface area contributed by atoms with Crippen LogP contribution in [0, 0.1) is 11.3 Å². The lowest BCUT2D eigenvalue weighted by atomic mass is 9.70. The van der Waals surface area contributed by atoms with E-state index < -0.39 is 5.41 Å². The SMILES string of the molecule is CC(C)Oc1cc2c(cc1Oc1ccncc1)C(C)(C)C(N)=C(c1ccc(C#N)cc1)C2=O. The van der Waals surface area contributed by atoms with Crippen LogP contribution in [0.5, 0.6) is 17.2 Å². The molecule has 1 aromatic heterocycles. The van der Waals surface area contributed by atoms with Crippen LogP contribution in [0.25, 0.3) is 5.57 Å². The van der Waals surface area contributed by atoms with Gasteiger partial charge in [0.25, 0.3) is 0 Å². The number of ether oxygens (including phenoxy) is 2. The summed E-state index contributed by atoms with van der Waals surface area (Å²) in [7, 11) is 0. The van der Waals surface area contributed by atoms with E-state index in [1.807, 2.05) is 33.8 Å². The van der Waals surface area contributed by atoms with E-state index in [0.29, 0.717) is 45.2 Å². The number of aromatic nitrogens is 1. The smallest absolute Gasteiger partial charge is 0.195 e. The zero-order chi connectivity index (χ0) is 23.8. The van der Waals surface area contributed by atoms with Gasteiger partial charge in [0, 0.05) is 34.6 Å². The lowest BCUT2D eigenvalue weighted by Crippen LogP contribution is -2.35. The highest BCUT2D eigenvalue weighted by molar-refractivity contribution is 6.31. The highest BCUT2D eigenvalue weighted by Gasteiger charge is 2.39. The first-order chi connectivity index (χ1) is 15.7. The first-order valence-corrected chi connectivity index (χ1v) is 10.7. The molecule has 0 amide bonds. The number of hydrogen-bond acceptors (Lipinski definition) is 6. The number of ketones is 1. The summed E-state index contributed by atoms with van der Waals surface area (Å²) in [4.78, 5) is 17.7. The number of nitrogens with zero attached hydrogens (tertiary/aromatic N) is 2. The van der Waals surface area contributed by atoms with Crippen LogP contribution in [0.3, 0.4) is 0 Å². The molecule has 0 bridgehead atoms. The molecule has 166 valence electrons. The van der Waals surface area contributed by atoms with E-state index in [-0.39, 0.29) is 11.9 Å². The first kappa shape index (κ1) is 22.1. The monoisotopic (exact) mass is 439 g/mol. The van der Waals surface area contributed by atoms with Gasteiger partial charge in [-0.25, -0.2) is 0 Å². The fourth-order valence-corrected chi connectivity index (χ4v) is 3.94. The molecule has 1 aliphatic carbocycles. The Balaban J connectivity index is 1.87. The number of pyridine rings is 1. The predicted molar refractivity (Wildman–Crippen MR) is 126 cm³/mol. The average Bonchev–Trinajstić information content (AvgIpc) is 2.79. The van der Waals surface area contributed by atoms with Crippen LogP contribution in [-0.2, 0) is 5.41 Å². The van der Waals surface area contributed by atoms with Gasteiger partial charge in [0.1, 0.15) is 5.75 Å². The van der Waals surface area contributed by atoms with E-state index >= 15 is 0 Å². The Kier molecular flexibility index (Phi) is 5.65. The lowest BCUT2D eigenvalue weighted by Gasteiger charge is -2.35. The second kappa shape index (κ2) is 8.44. The van der Waals surface area contributed by atoms with Gasteiger partial charge < -0.3 is 15.2 Å². The highest BCUT2D eigenvalue weighted by atomic mass is 16.5. The second-order valence-electron chi connectivity index (χ2n) is 8.73. The highest BCUT2D eigenvalue weighted by Crippen LogP contribution is 2.46. The predicted octanol–water partition coefficient (Wildman–Crippen LogP) is 5.38. The quantitative estimate of drug-likeness (QED) is 0.573. The number of hydrogen-bond donors (Lipinski definition) is 1. The van der Waals surface area contributed by atoms with Crippen LogP contribution >= 0.6 is 0 Å². The van der Waals surface area contributed by atoms with Gasteiger partial charge in [-0.15, -0.1) is 0 Å². The molecule has 3 aromatic rings.